The summed E-state index contributed by atoms with van der Waals surface area (Å²) in [6.45, 7) is 3.51. The zero-order valence-electron chi connectivity index (χ0n) is 13.9. The van der Waals surface area contributed by atoms with Crippen LogP contribution in [0.25, 0.3) is 0 Å². The minimum atomic E-state index is -0.440. The summed E-state index contributed by atoms with van der Waals surface area (Å²) in [5.74, 6) is -0.0856. The highest BCUT2D eigenvalue weighted by Crippen LogP contribution is 2.21. The summed E-state index contributed by atoms with van der Waals surface area (Å²) in [5, 5.41) is 17.6. The van der Waals surface area contributed by atoms with Gasteiger partial charge >= 0.3 is 12.0 Å². The van der Waals surface area contributed by atoms with Crippen LogP contribution in [0.3, 0.4) is 0 Å². The Hall–Kier alpha value is -2.14. The van der Waals surface area contributed by atoms with E-state index in [1.165, 1.54) is 11.8 Å². The first-order chi connectivity index (χ1) is 12.2. The number of rotatable bonds is 7. The summed E-state index contributed by atoms with van der Waals surface area (Å²) < 4.78 is 12.3. The lowest BCUT2D eigenvalue weighted by molar-refractivity contribution is -0.138. The Morgan fingerprint density at radius 2 is 2.40 bits per heavy atom. The fourth-order valence-electron chi connectivity index (χ4n) is 2.60. The summed E-state index contributed by atoms with van der Waals surface area (Å²) >= 11 is 1.35. The minimum absolute atomic E-state index is 0.121. The molecule has 0 unspecified atom stereocenters. The molecule has 10 nitrogen and oxygen atoms in total. The number of tetrazole rings is 1. The second-order valence-corrected chi connectivity index (χ2v) is 6.50. The molecule has 0 saturated carbocycles. The lowest BCUT2D eigenvalue weighted by atomic mass is 10.2. The molecule has 1 aromatic rings. The van der Waals surface area contributed by atoms with Crippen LogP contribution < -0.4 is 10.6 Å². The quantitative estimate of drug-likeness (QED) is 0.513. The first kappa shape index (κ1) is 17.7. The lowest BCUT2D eigenvalue weighted by Crippen LogP contribution is -2.44. The number of ether oxygens (including phenoxy) is 2. The van der Waals surface area contributed by atoms with Crippen molar-refractivity contribution in [2.75, 3.05) is 25.5 Å². The molecule has 11 heteroatoms. The summed E-state index contributed by atoms with van der Waals surface area (Å²) in [6, 6.07) is -0.345. The fourth-order valence-corrected chi connectivity index (χ4v) is 3.48. The van der Waals surface area contributed by atoms with Crippen LogP contribution in [0.5, 0.6) is 0 Å². The standard InChI is InChI=1S/C14H20N6O4S/c1-2-23-12(21)10-6-15-13(22)16-11(10)8-25-14-17-18-19-20(14)7-9-4-3-5-24-9/h9H,2-8H2,1H3,(H2,15,16,22)/t9-/m0/s1. The van der Waals surface area contributed by atoms with Gasteiger partial charge in [-0.05, 0) is 30.2 Å². The number of urea groups is 1. The molecule has 2 N–H and O–H groups in total. The molecular formula is C14H20N6O4S. The fraction of sp³-hybridized carbons (Fsp3) is 0.643. The number of hydrogen-bond acceptors (Lipinski definition) is 8. The zero-order valence-corrected chi connectivity index (χ0v) is 14.7. The molecule has 1 aromatic heterocycles. The van der Waals surface area contributed by atoms with Gasteiger partial charge in [-0.1, -0.05) is 11.8 Å². The van der Waals surface area contributed by atoms with Crippen molar-refractivity contribution in [3.8, 4) is 0 Å². The van der Waals surface area contributed by atoms with Crippen LogP contribution in [-0.2, 0) is 20.8 Å². The minimum Gasteiger partial charge on any atom is -0.463 e. The monoisotopic (exact) mass is 368 g/mol. The van der Waals surface area contributed by atoms with E-state index in [-0.39, 0.29) is 25.3 Å². The van der Waals surface area contributed by atoms with E-state index in [0.717, 1.165) is 19.4 Å². The Morgan fingerprint density at radius 1 is 1.52 bits per heavy atom. The van der Waals surface area contributed by atoms with Crippen molar-refractivity contribution >= 4 is 23.8 Å². The van der Waals surface area contributed by atoms with Gasteiger partial charge in [-0.25, -0.2) is 14.3 Å². The third-order valence-corrected chi connectivity index (χ3v) is 4.81. The number of carbonyl (C=O) groups excluding carboxylic acids is 2. The van der Waals surface area contributed by atoms with Gasteiger partial charge in [-0.2, -0.15) is 0 Å². The number of carbonyl (C=O) groups is 2. The first-order valence-corrected chi connectivity index (χ1v) is 9.10. The highest BCUT2D eigenvalue weighted by atomic mass is 32.2. The van der Waals surface area contributed by atoms with Gasteiger partial charge in [-0.3, -0.25) is 0 Å². The van der Waals surface area contributed by atoms with Gasteiger partial charge in [-0.15, -0.1) is 5.10 Å². The number of thioether (sulfide) groups is 1. The predicted molar refractivity (Wildman–Crippen MR) is 87.7 cm³/mol. The number of nitrogens with zero attached hydrogens (tertiary/aromatic N) is 4. The molecule has 0 radical (unpaired) electrons. The highest BCUT2D eigenvalue weighted by molar-refractivity contribution is 7.99. The van der Waals surface area contributed by atoms with Crippen LogP contribution in [0, 0.1) is 0 Å². The lowest BCUT2D eigenvalue weighted by Gasteiger charge is -2.21. The van der Waals surface area contributed by atoms with Gasteiger partial charge in [0.05, 0.1) is 31.4 Å². The molecule has 2 aliphatic heterocycles. The molecule has 1 saturated heterocycles. The second kappa shape index (κ2) is 8.30. The third kappa shape index (κ3) is 4.48. The molecule has 0 bridgehead atoms. The number of amides is 2. The van der Waals surface area contributed by atoms with Gasteiger partial charge in [0.1, 0.15) is 0 Å². The topological polar surface area (TPSA) is 120 Å². The van der Waals surface area contributed by atoms with Crippen molar-refractivity contribution < 1.29 is 19.1 Å². The average Bonchev–Trinajstić information content (AvgIpc) is 3.25. The van der Waals surface area contributed by atoms with Crippen LogP contribution in [0.1, 0.15) is 19.8 Å². The van der Waals surface area contributed by atoms with Crippen LogP contribution in [-0.4, -0.2) is 63.8 Å². The molecule has 2 amide bonds. The van der Waals surface area contributed by atoms with Crippen LogP contribution in [0.4, 0.5) is 4.79 Å². The van der Waals surface area contributed by atoms with Gasteiger partial charge in [0.2, 0.25) is 5.16 Å². The maximum atomic E-state index is 12.0. The summed E-state index contributed by atoms with van der Waals surface area (Å²) in [6.07, 6.45) is 2.16. The van der Waals surface area contributed by atoms with E-state index in [2.05, 4.69) is 26.2 Å². The van der Waals surface area contributed by atoms with Crippen molar-refractivity contribution in [2.24, 2.45) is 0 Å². The Balaban J connectivity index is 1.67. The van der Waals surface area contributed by atoms with Crippen molar-refractivity contribution in [3.63, 3.8) is 0 Å². The Bertz CT molecular complexity index is 670. The molecule has 0 spiro atoms. The molecule has 0 aliphatic carbocycles. The molecule has 1 atom stereocenters. The summed E-state index contributed by atoms with van der Waals surface area (Å²) in [7, 11) is 0. The van der Waals surface area contributed by atoms with Crippen LogP contribution in [0.2, 0.25) is 0 Å². The summed E-state index contributed by atoms with van der Waals surface area (Å²) in [5.41, 5.74) is 0.922. The molecule has 0 aromatic carbocycles. The molecule has 136 valence electrons. The van der Waals surface area contributed by atoms with E-state index >= 15 is 0 Å². The van der Waals surface area contributed by atoms with Crippen LogP contribution >= 0.6 is 11.8 Å². The smallest absolute Gasteiger partial charge is 0.337 e. The van der Waals surface area contributed by atoms with E-state index in [4.69, 9.17) is 9.47 Å². The first-order valence-electron chi connectivity index (χ1n) is 8.12. The molecule has 2 aliphatic rings. The number of hydrogen-bond donors (Lipinski definition) is 2. The Kier molecular flexibility index (Phi) is 5.87. The van der Waals surface area contributed by atoms with Crippen molar-refractivity contribution in [1.29, 1.82) is 0 Å². The SMILES string of the molecule is CCOC(=O)C1=C(CSc2nnnn2C[C@@H]2CCCO2)NC(=O)NC1. The van der Waals surface area contributed by atoms with Gasteiger partial charge in [0.15, 0.2) is 0 Å². The van der Waals surface area contributed by atoms with E-state index in [0.29, 0.717) is 28.7 Å². The van der Waals surface area contributed by atoms with E-state index < -0.39 is 5.97 Å². The summed E-state index contributed by atoms with van der Waals surface area (Å²) in [4.78, 5) is 23.6. The van der Waals surface area contributed by atoms with Gasteiger partial charge < -0.3 is 20.1 Å². The normalized spacial score (nSPS) is 20.4. The van der Waals surface area contributed by atoms with Crippen molar-refractivity contribution in [1.82, 2.24) is 30.8 Å². The van der Waals surface area contributed by atoms with Crippen LogP contribution in [0.15, 0.2) is 16.4 Å². The number of nitrogens with one attached hydrogen (secondary N) is 2. The van der Waals surface area contributed by atoms with Crippen molar-refractivity contribution in [2.45, 2.75) is 37.6 Å². The molecule has 3 heterocycles. The highest BCUT2D eigenvalue weighted by Gasteiger charge is 2.25. The van der Waals surface area contributed by atoms with E-state index in [1.807, 2.05) is 0 Å². The Labute approximate surface area is 148 Å². The van der Waals surface area contributed by atoms with Crippen molar-refractivity contribution in [3.05, 3.63) is 11.3 Å². The molecule has 3 rings (SSSR count). The average molecular weight is 368 g/mol. The largest absolute Gasteiger partial charge is 0.463 e. The van der Waals surface area contributed by atoms with Gasteiger partial charge in [0.25, 0.3) is 0 Å². The Morgan fingerprint density at radius 3 is 3.16 bits per heavy atom. The number of aromatic nitrogens is 4. The zero-order chi connectivity index (χ0) is 17.6. The second-order valence-electron chi connectivity index (χ2n) is 5.55. The van der Waals surface area contributed by atoms with E-state index in [9.17, 15) is 9.59 Å². The van der Waals surface area contributed by atoms with E-state index in [1.54, 1.807) is 11.6 Å². The maximum Gasteiger partial charge on any atom is 0.337 e. The number of esters is 1. The van der Waals surface area contributed by atoms with Gasteiger partial charge in [0, 0.05) is 18.1 Å². The third-order valence-electron chi connectivity index (χ3n) is 3.82. The molecule has 1 fully saturated rings. The molecular weight excluding hydrogens is 348 g/mol. The predicted octanol–water partition coefficient (Wildman–Crippen LogP) is 0.0742. The maximum absolute atomic E-state index is 12.0. The molecule has 25 heavy (non-hydrogen) atoms.